The highest BCUT2D eigenvalue weighted by atomic mass is 16.5. The van der Waals surface area contributed by atoms with Crippen LogP contribution in [-0.4, -0.2) is 43.3 Å². The maximum Gasteiger partial charge on any atom is 0.0618 e. The lowest BCUT2D eigenvalue weighted by atomic mass is 9.89. The fourth-order valence-corrected chi connectivity index (χ4v) is 3.27. The van der Waals surface area contributed by atoms with E-state index in [4.69, 9.17) is 4.74 Å². The Morgan fingerprint density at radius 2 is 2.05 bits per heavy atom. The summed E-state index contributed by atoms with van der Waals surface area (Å²) in [6, 6.07) is 11.8. The summed E-state index contributed by atoms with van der Waals surface area (Å²) in [7, 11) is 1.81. The average molecular weight is 290 g/mol. The first-order chi connectivity index (χ1) is 10.1. The van der Waals surface area contributed by atoms with Crippen molar-refractivity contribution in [3.8, 4) is 0 Å². The van der Waals surface area contributed by atoms with Crippen LogP contribution in [0.5, 0.6) is 0 Å². The lowest BCUT2D eigenvalue weighted by molar-refractivity contribution is 0.00841. The molecular weight excluding hydrogens is 260 g/mol. The van der Waals surface area contributed by atoms with Gasteiger partial charge in [-0.3, -0.25) is 4.90 Å². The third kappa shape index (κ3) is 3.85. The predicted molar refractivity (Wildman–Crippen MR) is 88.5 cm³/mol. The maximum atomic E-state index is 5.47. The van der Waals surface area contributed by atoms with E-state index >= 15 is 0 Å². The van der Waals surface area contributed by atoms with Gasteiger partial charge < -0.3 is 10.1 Å². The van der Waals surface area contributed by atoms with Crippen LogP contribution in [0.4, 0.5) is 0 Å². The molecule has 3 unspecified atom stereocenters. The molecule has 3 heteroatoms. The number of methoxy groups -OCH3 is 1. The van der Waals surface area contributed by atoms with Crippen LogP contribution < -0.4 is 5.32 Å². The van der Waals surface area contributed by atoms with Gasteiger partial charge in [0.2, 0.25) is 0 Å². The summed E-state index contributed by atoms with van der Waals surface area (Å²) < 4.78 is 5.47. The molecule has 3 nitrogen and oxygen atoms in total. The third-order valence-electron chi connectivity index (χ3n) is 4.92. The molecule has 0 amide bonds. The molecule has 1 heterocycles. The number of hydrogen-bond acceptors (Lipinski definition) is 3. The standard InChI is InChI=1S/C18H30N2O/c1-5-16(13-21-4)20-14-18(3,6-2)19-12-17(20)15-10-8-7-9-11-15/h7-11,16-17,19H,5-6,12-14H2,1-4H3. The molecule has 1 aliphatic heterocycles. The van der Waals surface area contributed by atoms with E-state index in [1.165, 1.54) is 5.56 Å². The van der Waals surface area contributed by atoms with Crippen LogP contribution >= 0.6 is 0 Å². The number of piperazine rings is 1. The van der Waals surface area contributed by atoms with Crippen LogP contribution in [0.25, 0.3) is 0 Å². The first-order valence-electron chi connectivity index (χ1n) is 8.18. The van der Waals surface area contributed by atoms with Gasteiger partial charge in [0.15, 0.2) is 0 Å². The molecule has 0 aromatic heterocycles. The van der Waals surface area contributed by atoms with Gasteiger partial charge in [0.1, 0.15) is 0 Å². The average Bonchev–Trinajstić information content (AvgIpc) is 2.53. The highest BCUT2D eigenvalue weighted by Crippen LogP contribution is 2.31. The maximum absolute atomic E-state index is 5.47. The molecule has 0 aliphatic carbocycles. The van der Waals surface area contributed by atoms with Gasteiger partial charge >= 0.3 is 0 Å². The predicted octanol–water partition coefficient (Wildman–Crippen LogP) is 3.23. The molecule has 2 rings (SSSR count). The van der Waals surface area contributed by atoms with Gasteiger partial charge in [-0.15, -0.1) is 0 Å². The van der Waals surface area contributed by atoms with Crippen LogP contribution in [0.2, 0.25) is 0 Å². The third-order valence-corrected chi connectivity index (χ3v) is 4.92. The second-order valence-corrected chi connectivity index (χ2v) is 6.41. The molecule has 0 bridgehead atoms. The normalized spacial score (nSPS) is 28.5. The van der Waals surface area contributed by atoms with Crippen LogP contribution in [0, 0.1) is 0 Å². The van der Waals surface area contributed by atoms with E-state index < -0.39 is 0 Å². The Hall–Kier alpha value is -0.900. The van der Waals surface area contributed by atoms with E-state index in [9.17, 15) is 0 Å². The summed E-state index contributed by atoms with van der Waals surface area (Å²) >= 11 is 0. The fraction of sp³-hybridized carbons (Fsp3) is 0.667. The molecule has 1 aromatic rings. The van der Waals surface area contributed by atoms with E-state index in [1.54, 1.807) is 7.11 Å². The van der Waals surface area contributed by atoms with Gasteiger partial charge in [0.25, 0.3) is 0 Å². The molecule has 3 atom stereocenters. The Balaban J connectivity index is 2.25. The van der Waals surface area contributed by atoms with Gasteiger partial charge in [-0.1, -0.05) is 44.2 Å². The van der Waals surface area contributed by atoms with Crippen molar-refractivity contribution in [2.45, 2.75) is 51.2 Å². The largest absolute Gasteiger partial charge is 0.383 e. The summed E-state index contributed by atoms with van der Waals surface area (Å²) in [4.78, 5) is 2.65. The number of rotatable bonds is 6. The minimum absolute atomic E-state index is 0.201. The lowest BCUT2D eigenvalue weighted by Gasteiger charge is -2.49. The molecule has 1 saturated heterocycles. The summed E-state index contributed by atoms with van der Waals surface area (Å²) in [6.07, 6.45) is 2.27. The molecule has 0 radical (unpaired) electrons. The zero-order valence-electron chi connectivity index (χ0n) is 13.9. The number of hydrogen-bond donors (Lipinski definition) is 1. The van der Waals surface area contributed by atoms with Crippen LogP contribution in [0.3, 0.4) is 0 Å². The van der Waals surface area contributed by atoms with E-state index in [1.807, 2.05) is 0 Å². The Kier molecular flexibility index (Phi) is 5.80. The second kappa shape index (κ2) is 7.39. The van der Waals surface area contributed by atoms with Crippen molar-refractivity contribution in [3.63, 3.8) is 0 Å². The summed E-state index contributed by atoms with van der Waals surface area (Å²) in [5.41, 5.74) is 1.60. The summed E-state index contributed by atoms with van der Waals surface area (Å²) in [5.74, 6) is 0. The zero-order chi connectivity index (χ0) is 15.3. The van der Waals surface area contributed by atoms with E-state index in [2.05, 4.69) is 61.3 Å². The van der Waals surface area contributed by atoms with Crippen molar-refractivity contribution in [1.82, 2.24) is 10.2 Å². The second-order valence-electron chi connectivity index (χ2n) is 6.41. The van der Waals surface area contributed by atoms with Crippen LogP contribution in [0.1, 0.15) is 45.2 Å². The van der Waals surface area contributed by atoms with Crippen molar-refractivity contribution >= 4 is 0 Å². The van der Waals surface area contributed by atoms with Gasteiger partial charge in [0, 0.05) is 37.8 Å². The highest BCUT2D eigenvalue weighted by molar-refractivity contribution is 5.21. The molecule has 1 aliphatic rings. The van der Waals surface area contributed by atoms with E-state index in [0.717, 1.165) is 32.5 Å². The Morgan fingerprint density at radius 1 is 1.33 bits per heavy atom. The van der Waals surface area contributed by atoms with E-state index in [-0.39, 0.29) is 5.54 Å². The molecular formula is C18H30N2O. The van der Waals surface area contributed by atoms with Crippen molar-refractivity contribution in [1.29, 1.82) is 0 Å². The molecule has 1 fully saturated rings. The van der Waals surface area contributed by atoms with Crippen LogP contribution in [0.15, 0.2) is 30.3 Å². The van der Waals surface area contributed by atoms with Crippen LogP contribution in [-0.2, 0) is 4.74 Å². The Labute approximate surface area is 129 Å². The highest BCUT2D eigenvalue weighted by Gasteiger charge is 2.38. The summed E-state index contributed by atoms with van der Waals surface area (Å²) in [5, 5.41) is 3.76. The number of nitrogens with zero attached hydrogens (tertiary/aromatic N) is 1. The molecule has 0 spiro atoms. The molecule has 118 valence electrons. The van der Waals surface area contributed by atoms with Gasteiger partial charge in [0.05, 0.1) is 6.61 Å². The zero-order valence-corrected chi connectivity index (χ0v) is 13.9. The quantitative estimate of drug-likeness (QED) is 0.870. The minimum atomic E-state index is 0.201. The Bertz CT molecular complexity index is 422. The monoisotopic (exact) mass is 290 g/mol. The number of nitrogens with one attached hydrogen (secondary N) is 1. The molecule has 1 aromatic carbocycles. The summed E-state index contributed by atoms with van der Waals surface area (Å²) in [6.45, 7) is 9.75. The molecule has 1 N–H and O–H groups in total. The van der Waals surface area contributed by atoms with Gasteiger partial charge in [-0.25, -0.2) is 0 Å². The van der Waals surface area contributed by atoms with Gasteiger partial charge in [-0.05, 0) is 25.3 Å². The van der Waals surface area contributed by atoms with Gasteiger partial charge in [-0.2, -0.15) is 0 Å². The Morgan fingerprint density at radius 3 is 2.62 bits per heavy atom. The first-order valence-corrected chi connectivity index (χ1v) is 8.18. The minimum Gasteiger partial charge on any atom is -0.383 e. The van der Waals surface area contributed by atoms with Crippen molar-refractivity contribution in [2.75, 3.05) is 26.8 Å². The molecule has 0 saturated carbocycles. The number of benzene rings is 1. The topological polar surface area (TPSA) is 24.5 Å². The van der Waals surface area contributed by atoms with Crippen molar-refractivity contribution in [3.05, 3.63) is 35.9 Å². The van der Waals surface area contributed by atoms with Crippen molar-refractivity contribution in [2.24, 2.45) is 0 Å². The first kappa shape index (κ1) is 16.5. The molecule has 21 heavy (non-hydrogen) atoms. The van der Waals surface area contributed by atoms with Crippen molar-refractivity contribution < 1.29 is 4.74 Å². The SMILES string of the molecule is CCC(COC)N1CC(C)(CC)NCC1c1ccccc1. The number of ether oxygens (including phenoxy) is 1. The smallest absolute Gasteiger partial charge is 0.0618 e. The lowest BCUT2D eigenvalue weighted by Crippen LogP contribution is -2.62. The van der Waals surface area contributed by atoms with E-state index in [0.29, 0.717) is 12.1 Å². The fourth-order valence-electron chi connectivity index (χ4n) is 3.27.